The summed E-state index contributed by atoms with van der Waals surface area (Å²) in [6, 6.07) is 2.55. The van der Waals surface area contributed by atoms with Crippen LogP contribution < -0.4 is 5.32 Å². The zero-order valence-corrected chi connectivity index (χ0v) is 14.5. The molecule has 0 aliphatic carbocycles. The molecule has 4 nitrogen and oxygen atoms in total. The molecule has 1 aromatic carbocycles. The minimum absolute atomic E-state index is 0.0432. The molecule has 0 aromatic heterocycles. The van der Waals surface area contributed by atoms with E-state index in [1.165, 1.54) is 6.07 Å². The van der Waals surface area contributed by atoms with E-state index in [-0.39, 0.29) is 35.1 Å². The Balaban J connectivity index is 2.96. The molecule has 0 radical (unpaired) electrons. The van der Waals surface area contributed by atoms with Crippen LogP contribution in [0.2, 0.25) is 5.02 Å². The zero-order chi connectivity index (χ0) is 16.9. The predicted molar refractivity (Wildman–Crippen MR) is 86.8 cm³/mol. The summed E-state index contributed by atoms with van der Waals surface area (Å²) in [7, 11) is 0. The Kier molecular flexibility index (Phi) is 7.16. The summed E-state index contributed by atoms with van der Waals surface area (Å²) in [6.07, 6.45) is 0. The smallest absolute Gasteiger partial charge is 0.319 e. The molecule has 0 saturated heterocycles. The number of anilines is 1. The van der Waals surface area contributed by atoms with Gasteiger partial charge in [0.2, 0.25) is 5.91 Å². The van der Waals surface area contributed by atoms with Gasteiger partial charge in [-0.2, -0.15) is 0 Å². The molecule has 1 unspecified atom stereocenters. The lowest BCUT2D eigenvalue weighted by Crippen LogP contribution is -2.19. The van der Waals surface area contributed by atoms with E-state index in [1.54, 1.807) is 27.7 Å². The van der Waals surface area contributed by atoms with Crippen LogP contribution >= 0.6 is 23.4 Å². The second-order valence-corrected chi connectivity index (χ2v) is 6.71. The van der Waals surface area contributed by atoms with Gasteiger partial charge < -0.3 is 10.1 Å². The summed E-state index contributed by atoms with van der Waals surface area (Å²) in [5.41, 5.74) is 0.0432. The fourth-order valence-electron chi connectivity index (χ4n) is 1.49. The number of nitrogens with one attached hydrogen (secondary N) is 1. The lowest BCUT2D eigenvalue weighted by molar-refractivity contribution is -0.142. The molecular weight excluding hydrogens is 329 g/mol. The fraction of sp³-hybridized carbons (Fsp3) is 0.467. The summed E-state index contributed by atoms with van der Waals surface area (Å²) in [4.78, 5) is 23.8. The minimum Gasteiger partial charge on any atom is -0.465 e. The van der Waals surface area contributed by atoms with Gasteiger partial charge in [0, 0.05) is 10.8 Å². The monoisotopic (exact) mass is 347 g/mol. The molecular formula is C15H19ClFNO3S. The van der Waals surface area contributed by atoms with E-state index < -0.39 is 11.1 Å². The van der Waals surface area contributed by atoms with Crippen molar-refractivity contribution >= 4 is 40.9 Å². The van der Waals surface area contributed by atoms with E-state index in [0.717, 1.165) is 17.8 Å². The number of benzene rings is 1. The van der Waals surface area contributed by atoms with E-state index in [4.69, 9.17) is 16.3 Å². The van der Waals surface area contributed by atoms with Crippen LogP contribution in [0.25, 0.3) is 0 Å². The maximum absolute atomic E-state index is 13.9. The van der Waals surface area contributed by atoms with Crippen LogP contribution in [0.4, 0.5) is 10.1 Å². The molecule has 22 heavy (non-hydrogen) atoms. The van der Waals surface area contributed by atoms with Crippen molar-refractivity contribution < 1.29 is 18.7 Å². The molecule has 1 amide bonds. The van der Waals surface area contributed by atoms with Gasteiger partial charge in [0.25, 0.3) is 0 Å². The highest BCUT2D eigenvalue weighted by Crippen LogP contribution is 2.34. The lowest BCUT2D eigenvalue weighted by atomic mass is 10.2. The molecule has 0 aliphatic rings. The van der Waals surface area contributed by atoms with Crippen LogP contribution in [0.5, 0.6) is 0 Å². The number of hydrogen-bond acceptors (Lipinski definition) is 4. The van der Waals surface area contributed by atoms with Crippen LogP contribution in [0.3, 0.4) is 0 Å². The highest BCUT2D eigenvalue weighted by molar-refractivity contribution is 8.00. The highest BCUT2D eigenvalue weighted by Gasteiger charge is 2.19. The molecule has 1 aromatic rings. The first-order valence-electron chi connectivity index (χ1n) is 6.89. The summed E-state index contributed by atoms with van der Waals surface area (Å²) in [6.45, 7) is 7.11. The second-order valence-electron chi connectivity index (χ2n) is 4.92. The Morgan fingerprint density at radius 3 is 2.55 bits per heavy atom. The number of carbonyl (C=O) groups excluding carboxylic acids is 2. The first kappa shape index (κ1) is 18.8. The van der Waals surface area contributed by atoms with E-state index in [9.17, 15) is 14.0 Å². The van der Waals surface area contributed by atoms with Crippen molar-refractivity contribution in [1.29, 1.82) is 0 Å². The summed E-state index contributed by atoms with van der Waals surface area (Å²) in [5.74, 6) is -1.56. The van der Waals surface area contributed by atoms with Gasteiger partial charge >= 0.3 is 5.97 Å². The number of esters is 1. The summed E-state index contributed by atoms with van der Waals surface area (Å²) >= 11 is 7.15. The third-order valence-electron chi connectivity index (χ3n) is 2.73. The van der Waals surface area contributed by atoms with Gasteiger partial charge in [-0.15, -0.1) is 11.8 Å². The van der Waals surface area contributed by atoms with Crippen molar-refractivity contribution in [1.82, 2.24) is 0 Å². The van der Waals surface area contributed by atoms with Crippen molar-refractivity contribution in [3.63, 3.8) is 0 Å². The van der Waals surface area contributed by atoms with Crippen LogP contribution in [0.15, 0.2) is 17.0 Å². The molecule has 122 valence electrons. The summed E-state index contributed by atoms with van der Waals surface area (Å²) in [5, 5.41) is 2.20. The fourth-order valence-corrected chi connectivity index (χ4v) is 2.68. The topological polar surface area (TPSA) is 55.4 Å². The maximum atomic E-state index is 13.9. The first-order chi connectivity index (χ1) is 10.3. The molecule has 0 saturated carbocycles. The number of carbonyl (C=O) groups is 2. The average molecular weight is 348 g/mol. The number of amides is 1. The number of ether oxygens (including phenoxy) is 1. The van der Waals surface area contributed by atoms with Gasteiger partial charge in [0.15, 0.2) is 0 Å². The van der Waals surface area contributed by atoms with Crippen molar-refractivity contribution in [2.24, 2.45) is 5.92 Å². The van der Waals surface area contributed by atoms with E-state index in [2.05, 4.69) is 5.32 Å². The Bertz CT molecular complexity index is 566. The highest BCUT2D eigenvalue weighted by atomic mass is 35.5. The third kappa shape index (κ3) is 5.18. The third-order valence-corrected chi connectivity index (χ3v) is 4.29. The van der Waals surface area contributed by atoms with Crippen molar-refractivity contribution in [3.8, 4) is 0 Å². The molecule has 1 rings (SSSR count). The Morgan fingerprint density at radius 2 is 2.00 bits per heavy atom. The molecule has 0 bridgehead atoms. The van der Waals surface area contributed by atoms with Crippen LogP contribution in [-0.2, 0) is 14.3 Å². The SMILES string of the molecule is CCOC(=O)C(C)Sc1cc(NC(=O)C(C)C)c(F)cc1Cl. The number of hydrogen-bond donors (Lipinski definition) is 1. The normalized spacial score (nSPS) is 12.1. The molecule has 7 heteroatoms. The molecule has 0 heterocycles. The quantitative estimate of drug-likeness (QED) is 0.621. The van der Waals surface area contributed by atoms with E-state index in [0.29, 0.717) is 4.90 Å². The average Bonchev–Trinajstić information content (AvgIpc) is 2.43. The van der Waals surface area contributed by atoms with Gasteiger partial charge in [-0.25, -0.2) is 4.39 Å². The van der Waals surface area contributed by atoms with E-state index >= 15 is 0 Å². The minimum atomic E-state index is -0.618. The molecule has 1 N–H and O–H groups in total. The first-order valence-corrected chi connectivity index (χ1v) is 8.15. The zero-order valence-electron chi connectivity index (χ0n) is 12.9. The molecule has 0 fully saturated rings. The number of thioether (sulfide) groups is 1. The largest absolute Gasteiger partial charge is 0.465 e. The van der Waals surface area contributed by atoms with Crippen molar-refractivity contribution in [2.75, 3.05) is 11.9 Å². The van der Waals surface area contributed by atoms with Crippen molar-refractivity contribution in [2.45, 2.75) is 37.8 Å². The standard InChI is InChI=1S/C15H19ClFNO3S/c1-5-21-15(20)9(4)22-13-7-12(11(17)6-10(13)16)18-14(19)8(2)3/h6-9H,5H2,1-4H3,(H,18,19). The van der Waals surface area contributed by atoms with Crippen LogP contribution in [0.1, 0.15) is 27.7 Å². The Morgan fingerprint density at radius 1 is 1.36 bits per heavy atom. The Hall–Kier alpha value is -1.27. The molecule has 0 aliphatic heterocycles. The lowest BCUT2D eigenvalue weighted by Gasteiger charge is -2.14. The predicted octanol–water partition coefficient (Wildman–Crippen LogP) is 4.12. The van der Waals surface area contributed by atoms with Crippen LogP contribution in [0, 0.1) is 11.7 Å². The Labute approximate surface area is 138 Å². The second kappa shape index (κ2) is 8.39. The van der Waals surface area contributed by atoms with Gasteiger partial charge in [-0.1, -0.05) is 25.4 Å². The molecule has 0 spiro atoms. The summed E-state index contributed by atoms with van der Waals surface area (Å²) < 4.78 is 18.8. The number of rotatable bonds is 6. The van der Waals surface area contributed by atoms with Crippen LogP contribution in [-0.4, -0.2) is 23.7 Å². The van der Waals surface area contributed by atoms with Gasteiger partial charge in [0.05, 0.1) is 17.3 Å². The van der Waals surface area contributed by atoms with Gasteiger partial charge in [-0.3, -0.25) is 9.59 Å². The van der Waals surface area contributed by atoms with Crippen molar-refractivity contribution in [3.05, 3.63) is 23.0 Å². The van der Waals surface area contributed by atoms with Gasteiger partial charge in [0.1, 0.15) is 11.1 Å². The number of halogens is 2. The molecule has 1 atom stereocenters. The van der Waals surface area contributed by atoms with Gasteiger partial charge in [-0.05, 0) is 26.0 Å². The maximum Gasteiger partial charge on any atom is 0.319 e. The van der Waals surface area contributed by atoms with E-state index in [1.807, 2.05) is 0 Å².